The number of carbonyl (C=O) groups excluding carboxylic acids is 1. The molecule has 27 heavy (non-hydrogen) atoms. The van der Waals surface area contributed by atoms with Crippen molar-refractivity contribution < 1.29 is 14.3 Å². The summed E-state index contributed by atoms with van der Waals surface area (Å²) < 4.78 is 6.84. The van der Waals surface area contributed by atoms with Crippen molar-refractivity contribution in [3.63, 3.8) is 0 Å². The van der Waals surface area contributed by atoms with Crippen LogP contribution in [0.25, 0.3) is 27.9 Å². The summed E-state index contributed by atoms with van der Waals surface area (Å²) in [5, 5.41) is 16.1. The molecule has 0 atom stereocenters. The van der Waals surface area contributed by atoms with Crippen molar-refractivity contribution in [3.8, 4) is 22.7 Å². The topological polar surface area (TPSA) is 85.3 Å². The number of aromatic nitrogens is 2. The van der Waals surface area contributed by atoms with E-state index < -0.39 is 5.63 Å². The van der Waals surface area contributed by atoms with E-state index in [9.17, 15) is 14.7 Å². The van der Waals surface area contributed by atoms with Crippen LogP contribution in [0.5, 0.6) is 5.75 Å². The van der Waals surface area contributed by atoms with E-state index in [4.69, 9.17) is 16.0 Å². The van der Waals surface area contributed by atoms with Gasteiger partial charge in [0, 0.05) is 22.7 Å². The molecule has 2 aromatic carbocycles. The van der Waals surface area contributed by atoms with Crippen molar-refractivity contribution in [1.82, 2.24) is 9.78 Å². The lowest BCUT2D eigenvalue weighted by atomic mass is 10.0. The molecule has 0 fully saturated rings. The minimum absolute atomic E-state index is 0.138. The molecule has 0 radical (unpaired) electrons. The average Bonchev–Trinajstić information content (AvgIpc) is 3.05. The lowest BCUT2D eigenvalue weighted by Crippen LogP contribution is -2.00. The van der Waals surface area contributed by atoms with Gasteiger partial charge in [-0.3, -0.25) is 4.79 Å². The molecule has 6 nitrogen and oxygen atoms in total. The molecule has 0 saturated heterocycles. The number of halogens is 1. The van der Waals surface area contributed by atoms with E-state index in [-0.39, 0.29) is 28.2 Å². The molecule has 134 valence electrons. The van der Waals surface area contributed by atoms with Crippen molar-refractivity contribution in [2.24, 2.45) is 0 Å². The SMILES string of the molecule is Cc1cc(=O)oc2c(-c3nn(-c4ccc(Cl)cc4)cc3C=O)c(O)ccc12. The fraction of sp³-hybridized carbons (Fsp3) is 0.0500. The highest BCUT2D eigenvalue weighted by Gasteiger charge is 2.20. The Labute approximate surface area is 158 Å². The Morgan fingerprint density at radius 3 is 2.63 bits per heavy atom. The van der Waals surface area contributed by atoms with E-state index >= 15 is 0 Å². The zero-order valence-corrected chi connectivity index (χ0v) is 14.9. The first-order valence-corrected chi connectivity index (χ1v) is 8.43. The number of fused-ring (bicyclic) bond motifs is 1. The summed E-state index contributed by atoms with van der Waals surface area (Å²) in [6.45, 7) is 1.77. The molecule has 0 aliphatic rings. The number of phenolic OH excluding ortho intramolecular Hbond substituents is 1. The fourth-order valence-corrected chi connectivity index (χ4v) is 3.12. The second kappa shape index (κ2) is 6.41. The number of carbonyl (C=O) groups is 1. The quantitative estimate of drug-likeness (QED) is 0.426. The van der Waals surface area contributed by atoms with Crippen LogP contribution >= 0.6 is 11.6 Å². The zero-order chi connectivity index (χ0) is 19.1. The monoisotopic (exact) mass is 380 g/mol. The molecule has 4 aromatic rings. The number of aldehydes is 1. The number of aryl methyl sites for hydroxylation is 1. The van der Waals surface area contributed by atoms with Gasteiger partial charge < -0.3 is 9.52 Å². The summed E-state index contributed by atoms with van der Waals surface area (Å²) >= 11 is 5.91. The number of hydrogen-bond acceptors (Lipinski definition) is 5. The fourth-order valence-electron chi connectivity index (χ4n) is 3.00. The van der Waals surface area contributed by atoms with Crippen LogP contribution in [0.4, 0.5) is 0 Å². The maximum absolute atomic E-state index is 11.9. The molecule has 4 rings (SSSR count). The van der Waals surface area contributed by atoms with Crippen LogP contribution in [0.2, 0.25) is 5.02 Å². The number of rotatable bonds is 3. The van der Waals surface area contributed by atoms with E-state index in [0.29, 0.717) is 27.9 Å². The van der Waals surface area contributed by atoms with Crippen molar-refractivity contribution in [2.75, 3.05) is 0 Å². The highest BCUT2D eigenvalue weighted by molar-refractivity contribution is 6.30. The second-order valence-electron chi connectivity index (χ2n) is 6.06. The highest BCUT2D eigenvalue weighted by Crippen LogP contribution is 2.37. The number of aromatic hydroxyl groups is 1. The van der Waals surface area contributed by atoms with Crippen LogP contribution in [0, 0.1) is 6.92 Å². The van der Waals surface area contributed by atoms with Crippen LogP contribution in [0.15, 0.2) is 57.9 Å². The van der Waals surface area contributed by atoms with Gasteiger partial charge in [-0.1, -0.05) is 11.6 Å². The van der Waals surface area contributed by atoms with Crippen LogP contribution in [0.1, 0.15) is 15.9 Å². The van der Waals surface area contributed by atoms with Crippen LogP contribution in [0.3, 0.4) is 0 Å². The first-order chi connectivity index (χ1) is 13.0. The smallest absolute Gasteiger partial charge is 0.336 e. The van der Waals surface area contributed by atoms with Gasteiger partial charge in [-0.25, -0.2) is 9.48 Å². The van der Waals surface area contributed by atoms with Gasteiger partial charge in [0.2, 0.25) is 0 Å². The van der Waals surface area contributed by atoms with E-state index in [1.54, 1.807) is 37.3 Å². The molecule has 0 amide bonds. The van der Waals surface area contributed by atoms with Crippen molar-refractivity contribution in [3.05, 3.63) is 75.2 Å². The van der Waals surface area contributed by atoms with Crippen LogP contribution in [-0.4, -0.2) is 21.2 Å². The Morgan fingerprint density at radius 2 is 1.93 bits per heavy atom. The minimum Gasteiger partial charge on any atom is -0.507 e. The Kier molecular flexibility index (Phi) is 4.05. The van der Waals surface area contributed by atoms with Gasteiger partial charge in [0.05, 0.1) is 16.8 Å². The maximum Gasteiger partial charge on any atom is 0.336 e. The van der Waals surface area contributed by atoms with Crippen molar-refractivity contribution >= 4 is 28.9 Å². The van der Waals surface area contributed by atoms with E-state index in [2.05, 4.69) is 5.10 Å². The normalized spacial score (nSPS) is 11.0. The minimum atomic E-state index is -0.545. The molecule has 0 saturated carbocycles. The molecule has 7 heteroatoms. The summed E-state index contributed by atoms with van der Waals surface area (Å²) in [6, 6.07) is 11.4. The lowest BCUT2D eigenvalue weighted by Gasteiger charge is -2.08. The molecule has 2 aromatic heterocycles. The van der Waals surface area contributed by atoms with Gasteiger partial charge in [0.15, 0.2) is 11.9 Å². The molecular weight excluding hydrogens is 368 g/mol. The number of nitrogens with zero attached hydrogens (tertiary/aromatic N) is 2. The zero-order valence-electron chi connectivity index (χ0n) is 14.1. The first-order valence-electron chi connectivity index (χ1n) is 8.05. The largest absolute Gasteiger partial charge is 0.507 e. The van der Waals surface area contributed by atoms with E-state index in [1.165, 1.54) is 23.0 Å². The Balaban J connectivity index is 2.01. The molecule has 1 N–H and O–H groups in total. The molecule has 0 aliphatic heterocycles. The molecular formula is C20H13ClN2O4. The standard InChI is InChI=1S/C20H13ClN2O4/c1-11-8-17(26)27-20-15(11)6-7-16(25)18(20)19-12(10-24)9-23(22-19)14-4-2-13(21)3-5-14/h2-10,25H,1H3. The third-order valence-electron chi connectivity index (χ3n) is 4.30. The molecule has 2 heterocycles. The summed E-state index contributed by atoms with van der Waals surface area (Å²) in [4.78, 5) is 23.5. The number of phenols is 1. The van der Waals surface area contributed by atoms with E-state index in [1.807, 2.05) is 0 Å². The van der Waals surface area contributed by atoms with Gasteiger partial charge in [-0.2, -0.15) is 5.10 Å². The molecule has 0 spiro atoms. The predicted octanol–water partition coefficient (Wildman–Crippen LogP) is 4.13. The number of benzene rings is 2. The van der Waals surface area contributed by atoms with Crippen molar-refractivity contribution in [1.29, 1.82) is 0 Å². The summed E-state index contributed by atoms with van der Waals surface area (Å²) in [7, 11) is 0. The Morgan fingerprint density at radius 1 is 1.19 bits per heavy atom. The maximum atomic E-state index is 11.9. The molecule has 0 aliphatic carbocycles. The summed E-state index contributed by atoms with van der Waals surface area (Å²) in [6.07, 6.45) is 2.18. The first kappa shape index (κ1) is 17.1. The number of hydrogen-bond donors (Lipinski definition) is 1. The second-order valence-corrected chi connectivity index (χ2v) is 6.49. The molecule has 0 unspecified atom stereocenters. The third-order valence-corrected chi connectivity index (χ3v) is 4.55. The molecule has 0 bridgehead atoms. The lowest BCUT2D eigenvalue weighted by molar-refractivity contribution is 0.112. The van der Waals surface area contributed by atoms with Crippen LogP contribution in [-0.2, 0) is 0 Å². The van der Waals surface area contributed by atoms with Gasteiger partial charge in [0.1, 0.15) is 11.4 Å². The van der Waals surface area contributed by atoms with Gasteiger partial charge >= 0.3 is 5.63 Å². The van der Waals surface area contributed by atoms with Crippen LogP contribution < -0.4 is 5.63 Å². The summed E-state index contributed by atoms with van der Waals surface area (Å²) in [5.41, 5.74) is 1.69. The Bertz CT molecular complexity index is 1240. The van der Waals surface area contributed by atoms with Gasteiger partial charge in [-0.05, 0) is 48.9 Å². The van der Waals surface area contributed by atoms with E-state index in [0.717, 1.165) is 0 Å². The highest BCUT2D eigenvalue weighted by atomic mass is 35.5. The summed E-state index contributed by atoms with van der Waals surface area (Å²) in [5.74, 6) is -0.138. The predicted molar refractivity (Wildman–Crippen MR) is 102 cm³/mol. The third kappa shape index (κ3) is 2.90. The van der Waals surface area contributed by atoms with Gasteiger partial charge in [0.25, 0.3) is 0 Å². The van der Waals surface area contributed by atoms with Gasteiger partial charge in [-0.15, -0.1) is 0 Å². The average molecular weight is 381 g/mol. The van der Waals surface area contributed by atoms with Crippen molar-refractivity contribution in [2.45, 2.75) is 6.92 Å². The Hall–Kier alpha value is -3.38.